The normalized spacial score (nSPS) is 21.2. The summed E-state index contributed by atoms with van der Waals surface area (Å²) in [6.07, 6.45) is -7.35. The molecule has 8 atom stereocenters. The van der Waals surface area contributed by atoms with Gasteiger partial charge in [0, 0.05) is 60.8 Å². The number of aromatic nitrogens is 6. The fourth-order valence-corrected chi connectivity index (χ4v) is 8.20. The van der Waals surface area contributed by atoms with Gasteiger partial charge in [-0.1, -0.05) is 22.7 Å². The molecule has 30 heteroatoms. The largest absolute Gasteiger partial charge is 0.455 e. The molecule has 28 nitrogen and oxygen atoms in total. The molecule has 0 spiro atoms. The van der Waals surface area contributed by atoms with Gasteiger partial charge in [-0.05, 0) is 27.7 Å². The molecule has 0 radical (unpaired) electrons. The molecule has 2 fully saturated rings. The molecule has 5 N–H and O–H groups in total. The van der Waals surface area contributed by atoms with Crippen molar-refractivity contribution in [2.75, 3.05) is 50.9 Å². The van der Waals surface area contributed by atoms with Gasteiger partial charge in [0.25, 0.3) is 0 Å². The number of hydrogen-bond donors (Lipinski definition) is 3. The summed E-state index contributed by atoms with van der Waals surface area (Å²) in [4.78, 5) is 126. The molecule has 0 aromatic carbocycles. The first-order valence-electron chi connectivity index (χ1n) is 21.4. The molecule has 2 unspecified atom stereocenters. The fourth-order valence-electron chi connectivity index (χ4n) is 6.73. The van der Waals surface area contributed by atoms with Crippen LogP contribution in [0.1, 0.15) is 68.5 Å². The summed E-state index contributed by atoms with van der Waals surface area (Å²) in [5, 5.41) is 0. The second-order valence-electron chi connectivity index (χ2n) is 14.6. The lowest BCUT2D eigenvalue weighted by Gasteiger charge is -2.24. The molecule has 6 rings (SSSR count). The number of thiazole rings is 2. The summed E-state index contributed by atoms with van der Waals surface area (Å²) in [7, 11) is 0. The summed E-state index contributed by atoms with van der Waals surface area (Å²) in [5.41, 5.74) is 11.7. The number of rotatable bonds is 14. The molecule has 6 heterocycles. The Morgan fingerprint density at radius 2 is 1.07 bits per heavy atom. The number of fused-ring (bicyclic) bond motifs is 2. The van der Waals surface area contributed by atoms with Crippen molar-refractivity contribution in [1.29, 1.82) is 0 Å². The van der Waals surface area contributed by atoms with Crippen molar-refractivity contribution in [1.82, 2.24) is 39.3 Å². The van der Waals surface area contributed by atoms with E-state index >= 15 is 0 Å². The molecular weight excluding hydrogens is 973 g/mol. The van der Waals surface area contributed by atoms with Gasteiger partial charge in [-0.3, -0.25) is 43.1 Å². The zero-order valence-electron chi connectivity index (χ0n) is 39.5. The Kier molecular flexibility index (Phi) is 20.3. The fraction of sp³-hybridized carbons (Fsp3) is 0.575. The van der Waals surface area contributed by atoms with E-state index in [9.17, 15) is 43.2 Å². The van der Waals surface area contributed by atoms with Crippen molar-refractivity contribution in [2.24, 2.45) is 0 Å². The molecule has 2 saturated heterocycles. The van der Waals surface area contributed by atoms with Gasteiger partial charge in [0.15, 0.2) is 35.8 Å². The Bertz CT molecular complexity index is 2610. The number of nitrogens with one attached hydrogen (secondary N) is 1. The van der Waals surface area contributed by atoms with Gasteiger partial charge in [-0.2, -0.15) is 9.97 Å². The minimum Gasteiger partial charge on any atom is -0.455 e. The van der Waals surface area contributed by atoms with Crippen LogP contribution < -0.4 is 21.2 Å². The van der Waals surface area contributed by atoms with Gasteiger partial charge >= 0.3 is 51.8 Å². The van der Waals surface area contributed by atoms with E-state index < -0.39 is 96.0 Å². The molecule has 70 heavy (non-hydrogen) atoms. The first-order valence-corrected chi connectivity index (χ1v) is 23.0. The van der Waals surface area contributed by atoms with Crippen LogP contribution in [0.4, 0.5) is 21.5 Å². The number of nitrogens with zero attached hydrogens (tertiary/aromatic N) is 7. The number of anilines is 2. The smallest absolute Gasteiger partial charge is 0.409 e. The highest BCUT2D eigenvalue weighted by Crippen LogP contribution is 2.36. The number of nitrogens with two attached hydrogens (primary N) is 2. The molecule has 2 aliphatic rings. The van der Waals surface area contributed by atoms with Gasteiger partial charge in [-0.25, -0.2) is 19.6 Å². The number of hydrogen-bond acceptors (Lipinski definition) is 26. The Morgan fingerprint density at radius 1 is 0.629 bits per heavy atom. The maximum Gasteiger partial charge on any atom is 0.409 e. The Labute approximate surface area is 405 Å². The van der Waals surface area contributed by atoms with Gasteiger partial charge in [0.2, 0.25) is 24.3 Å². The van der Waals surface area contributed by atoms with Gasteiger partial charge in [-0.15, -0.1) is 0 Å². The molecule has 0 bridgehead atoms. The van der Waals surface area contributed by atoms with E-state index in [1.165, 1.54) is 43.0 Å². The van der Waals surface area contributed by atoms with Crippen LogP contribution in [0.5, 0.6) is 0 Å². The monoisotopic (exact) mass is 1030 g/mol. The maximum atomic E-state index is 12.8. The van der Waals surface area contributed by atoms with E-state index in [2.05, 4.69) is 24.9 Å². The van der Waals surface area contributed by atoms with E-state index in [4.69, 9.17) is 54.1 Å². The van der Waals surface area contributed by atoms with Crippen molar-refractivity contribution in [2.45, 2.75) is 111 Å². The molecule has 0 aliphatic carbocycles. The number of carbonyl (C=O) groups is 7. The van der Waals surface area contributed by atoms with Crippen molar-refractivity contribution in [3.63, 3.8) is 0 Å². The van der Waals surface area contributed by atoms with Crippen molar-refractivity contribution >= 4 is 97.3 Å². The summed E-state index contributed by atoms with van der Waals surface area (Å²) in [5.74, 6) is -3.25. The summed E-state index contributed by atoms with van der Waals surface area (Å²) in [6, 6.07) is 0. The van der Waals surface area contributed by atoms with E-state index in [0.717, 1.165) is 45.8 Å². The van der Waals surface area contributed by atoms with E-state index in [1.807, 2.05) is 0 Å². The minimum atomic E-state index is -1.28. The number of carbonyl (C=O) groups excluding carboxylic acids is 7. The van der Waals surface area contributed by atoms with E-state index in [0.29, 0.717) is 36.5 Å². The van der Waals surface area contributed by atoms with Crippen LogP contribution in [0.25, 0.3) is 20.7 Å². The topological polar surface area (TPSA) is 368 Å². The number of amides is 2. The lowest BCUT2D eigenvalue weighted by Crippen LogP contribution is -2.42. The molecule has 384 valence electrons. The second kappa shape index (κ2) is 25.5. The lowest BCUT2D eigenvalue weighted by molar-refractivity contribution is -0.196. The van der Waals surface area contributed by atoms with Crippen molar-refractivity contribution in [3.8, 4) is 0 Å². The molecule has 4 aromatic rings. The number of aromatic amines is 1. The SMILES string of the molecule is CCN(CC)C(=O)OC[C@H]1OC(OC(C)=O)[C@H](OC(C)=O)[C@H]1OC(C)=O.CCN(CC)C(=O)OC[C@H]1OC(n2c(=O)sc3cnc(N)nc32)[C@H](OC(C)=O)[C@H]1OC(C)=O.Nc1ncc2sc(=O)[nH]c2n1. The molecule has 0 saturated carbocycles. The zero-order valence-corrected chi connectivity index (χ0v) is 41.1. The third kappa shape index (κ3) is 15.0. The summed E-state index contributed by atoms with van der Waals surface area (Å²) >= 11 is 1.92. The average Bonchev–Trinajstić information content (AvgIpc) is 4.00. The summed E-state index contributed by atoms with van der Waals surface area (Å²) < 4.78 is 50.3. The standard InChI is InChI=1S/C19H25N5O8S.C16H25NO9.C5H4N4OS/c1-5-23(6-2)18(27)29-8-11-13(30-9(3)25)14(31-10(4)26)16(32-11)24-15-12(33-19(24)28)7-21-17(20)22-15;1-6-17(7-2)16(21)22-8-12-13(23-9(3)18)14(24-10(4)19)15(26-12)25-11(5)20;6-4-7-1-2-3(8-4)9-5(10)11-2/h7,11,13-14,16H,5-6,8H2,1-4H3,(H2,20,21,22);12-15H,6-8H2,1-5H3;1H,(H3,6,7,8,9,10)/t11-,13+,14-,16?;12-,13+,14-,15?;/m11./s1. The van der Waals surface area contributed by atoms with Crippen LogP contribution in [0.2, 0.25) is 0 Å². The number of H-pyrrole nitrogens is 1. The van der Waals surface area contributed by atoms with Gasteiger partial charge < -0.3 is 63.9 Å². The highest BCUT2D eigenvalue weighted by Gasteiger charge is 2.53. The number of esters is 5. The van der Waals surface area contributed by atoms with Crippen LogP contribution in [-0.2, 0) is 66.6 Å². The maximum absolute atomic E-state index is 12.8. The predicted molar refractivity (Wildman–Crippen MR) is 244 cm³/mol. The van der Waals surface area contributed by atoms with Crippen molar-refractivity contribution in [3.05, 3.63) is 31.7 Å². The van der Waals surface area contributed by atoms with Gasteiger partial charge in [0.1, 0.15) is 25.4 Å². The van der Waals surface area contributed by atoms with Crippen LogP contribution in [0.3, 0.4) is 0 Å². The van der Waals surface area contributed by atoms with Gasteiger partial charge in [0.05, 0.1) is 21.8 Å². The molecule has 2 amide bonds. The first-order chi connectivity index (χ1) is 33.1. The van der Waals surface area contributed by atoms with Crippen LogP contribution in [0.15, 0.2) is 22.0 Å². The van der Waals surface area contributed by atoms with Crippen LogP contribution in [-0.4, -0.2) is 164 Å². The number of ether oxygens (including phenoxy) is 9. The highest BCUT2D eigenvalue weighted by molar-refractivity contribution is 7.16. The minimum absolute atomic E-state index is 0.0719. The zero-order chi connectivity index (χ0) is 52.0. The molecule has 2 aliphatic heterocycles. The predicted octanol–water partition coefficient (Wildman–Crippen LogP) is 1.25. The molecular formula is C40H54N10O18S2. The third-order valence-electron chi connectivity index (χ3n) is 9.66. The van der Waals surface area contributed by atoms with E-state index in [1.54, 1.807) is 27.7 Å². The molecule has 4 aromatic heterocycles. The lowest BCUT2D eigenvalue weighted by atomic mass is 10.1. The second-order valence-corrected chi connectivity index (χ2v) is 16.6. The number of nitrogen functional groups attached to an aromatic ring is 2. The third-order valence-corrected chi connectivity index (χ3v) is 11.3. The van der Waals surface area contributed by atoms with Crippen LogP contribution >= 0.6 is 22.7 Å². The Balaban J connectivity index is 0.000000254. The highest BCUT2D eigenvalue weighted by atomic mass is 32.1. The average molecular weight is 1030 g/mol. The first kappa shape index (κ1) is 55.5. The van der Waals surface area contributed by atoms with Crippen LogP contribution in [0, 0.1) is 0 Å². The van der Waals surface area contributed by atoms with Crippen molar-refractivity contribution < 1.29 is 76.2 Å². The Morgan fingerprint density at radius 3 is 1.57 bits per heavy atom. The summed E-state index contributed by atoms with van der Waals surface area (Å²) in [6.45, 7) is 14.2. The quantitative estimate of drug-likeness (QED) is 0.118. The van der Waals surface area contributed by atoms with E-state index in [-0.39, 0.29) is 35.6 Å². The Hall–Kier alpha value is -7.05.